The number of carbonyl (C=O) groups is 1. The molecule has 2 aromatic rings. The predicted molar refractivity (Wildman–Crippen MR) is 88.4 cm³/mol. The van der Waals surface area contributed by atoms with Crippen LogP contribution in [0.3, 0.4) is 0 Å². The molecule has 0 heterocycles. The predicted octanol–water partition coefficient (Wildman–Crippen LogP) is 4.47. The number of halogens is 1. The number of nitrogens with one attached hydrogen (secondary N) is 1. The fourth-order valence-electron chi connectivity index (χ4n) is 1.69. The number of amides is 1. The van der Waals surface area contributed by atoms with Gasteiger partial charge in [0, 0.05) is 15.6 Å². The minimum absolute atomic E-state index is 0.0416. The first kappa shape index (κ1) is 15.7. The van der Waals surface area contributed by atoms with Crippen LogP contribution in [-0.4, -0.2) is 18.3 Å². The van der Waals surface area contributed by atoms with E-state index in [1.165, 1.54) is 11.8 Å². The Hall–Kier alpha value is -1.65. The third-order valence-corrected chi connectivity index (χ3v) is 4.22. The van der Waals surface area contributed by atoms with Crippen molar-refractivity contribution in [3.8, 4) is 5.75 Å². The molecule has 0 fully saturated rings. The van der Waals surface area contributed by atoms with E-state index in [-0.39, 0.29) is 11.2 Å². The lowest BCUT2D eigenvalue weighted by molar-refractivity contribution is -0.115. The van der Waals surface area contributed by atoms with Crippen molar-refractivity contribution in [2.45, 2.75) is 17.1 Å². The maximum Gasteiger partial charge on any atom is 0.237 e. The molecule has 0 saturated carbocycles. The van der Waals surface area contributed by atoms with Crippen LogP contribution in [0.15, 0.2) is 53.4 Å². The van der Waals surface area contributed by atoms with Crippen LogP contribution >= 0.6 is 23.4 Å². The van der Waals surface area contributed by atoms with Gasteiger partial charge in [-0.25, -0.2) is 0 Å². The Morgan fingerprint density at radius 2 is 1.76 bits per heavy atom. The summed E-state index contributed by atoms with van der Waals surface area (Å²) in [6.45, 7) is 1.87. The van der Waals surface area contributed by atoms with E-state index in [0.717, 1.165) is 16.3 Å². The Bertz CT molecular complexity index is 599. The number of thioether (sulfide) groups is 1. The summed E-state index contributed by atoms with van der Waals surface area (Å²) >= 11 is 7.34. The van der Waals surface area contributed by atoms with Crippen LogP contribution < -0.4 is 10.1 Å². The number of benzene rings is 2. The van der Waals surface area contributed by atoms with E-state index in [4.69, 9.17) is 16.3 Å². The largest absolute Gasteiger partial charge is 0.497 e. The minimum Gasteiger partial charge on any atom is -0.497 e. The molecule has 0 saturated heterocycles. The highest BCUT2D eigenvalue weighted by Crippen LogP contribution is 2.25. The molecule has 1 atom stereocenters. The molecule has 21 heavy (non-hydrogen) atoms. The molecule has 0 radical (unpaired) electrons. The van der Waals surface area contributed by atoms with E-state index in [1.807, 2.05) is 55.5 Å². The van der Waals surface area contributed by atoms with Gasteiger partial charge in [-0.05, 0) is 55.5 Å². The number of ether oxygens (including phenoxy) is 1. The smallest absolute Gasteiger partial charge is 0.237 e. The highest BCUT2D eigenvalue weighted by molar-refractivity contribution is 8.00. The fourth-order valence-corrected chi connectivity index (χ4v) is 2.68. The molecule has 0 spiro atoms. The summed E-state index contributed by atoms with van der Waals surface area (Å²) in [5.74, 6) is 0.719. The number of carbonyl (C=O) groups excluding carboxylic acids is 1. The zero-order valence-electron chi connectivity index (χ0n) is 11.8. The normalized spacial score (nSPS) is 11.8. The molecule has 0 aromatic heterocycles. The lowest BCUT2D eigenvalue weighted by Crippen LogP contribution is -2.22. The molecule has 3 nitrogen and oxygen atoms in total. The first-order valence-corrected chi connectivity index (χ1v) is 7.71. The third kappa shape index (κ3) is 4.69. The molecule has 0 aliphatic rings. The van der Waals surface area contributed by atoms with Crippen LogP contribution in [0.2, 0.25) is 5.02 Å². The average molecular weight is 322 g/mol. The molecule has 2 aromatic carbocycles. The summed E-state index contributed by atoms with van der Waals surface area (Å²) in [5.41, 5.74) is 0.754. The molecule has 0 aliphatic heterocycles. The van der Waals surface area contributed by atoms with E-state index in [1.54, 1.807) is 7.11 Å². The van der Waals surface area contributed by atoms with Crippen LogP contribution in [0.5, 0.6) is 5.75 Å². The van der Waals surface area contributed by atoms with Gasteiger partial charge in [-0.1, -0.05) is 11.6 Å². The standard InChI is InChI=1S/C16H16ClNO2S/c1-11(21-15-9-3-12(17)4-10-15)16(19)18-13-5-7-14(20-2)8-6-13/h3-11H,1-2H3,(H,18,19). The van der Waals surface area contributed by atoms with E-state index < -0.39 is 0 Å². The van der Waals surface area contributed by atoms with Crippen LogP contribution in [0.1, 0.15) is 6.92 Å². The first-order valence-electron chi connectivity index (χ1n) is 6.45. The van der Waals surface area contributed by atoms with Crippen molar-refractivity contribution in [2.24, 2.45) is 0 Å². The Morgan fingerprint density at radius 3 is 2.33 bits per heavy atom. The number of rotatable bonds is 5. The number of anilines is 1. The molecule has 0 aliphatic carbocycles. The van der Waals surface area contributed by atoms with Crippen molar-refractivity contribution < 1.29 is 9.53 Å². The lowest BCUT2D eigenvalue weighted by Gasteiger charge is -2.12. The first-order chi connectivity index (χ1) is 10.1. The van der Waals surface area contributed by atoms with Crippen LogP contribution in [0.25, 0.3) is 0 Å². The summed E-state index contributed by atoms with van der Waals surface area (Å²) in [5, 5.41) is 3.37. The maximum atomic E-state index is 12.1. The minimum atomic E-state index is -0.201. The molecule has 1 amide bonds. The summed E-state index contributed by atoms with van der Waals surface area (Å²) in [4.78, 5) is 13.2. The number of methoxy groups -OCH3 is 1. The Labute approximate surface area is 133 Å². The van der Waals surface area contributed by atoms with Crippen LogP contribution in [0, 0.1) is 0 Å². The van der Waals surface area contributed by atoms with E-state index >= 15 is 0 Å². The second-order valence-corrected chi connectivity index (χ2v) is 6.28. The highest BCUT2D eigenvalue weighted by Gasteiger charge is 2.14. The monoisotopic (exact) mass is 321 g/mol. The third-order valence-electron chi connectivity index (χ3n) is 2.85. The van der Waals surface area contributed by atoms with Gasteiger partial charge in [0.15, 0.2) is 0 Å². The van der Waals surface area contributed by atoms with Crippen molar-refractivity contribution in [1.82, 2.24) is 0 Å². The van der Waals surface area contributed by atoms with Gasteiger partial charge in [-0.2, -0.15) is 0 Å². The van der Waals surface area contributed by atoms with Crippen LogP contribution in [-0.2, 0) is 4.79 Å². The molecule has 1 N–H and O–H groups in total. The summed E-state index contributed by atoms with van der Waals surface area (Å²) < 4.78 is 5.08. The Balaban J connectivity index is 1.93. The summed E-state index contributed by atoms with van der Waals surface area (Å²) in [7, 11) is 1.61. The summed E-state index contributed by atoms with van der Waals surface area (Å²) in [6.07, 6.45) is 0. The van der Waals surface area contributed by atoms with E-state index in [2.05, 4.69) is 5.32 Å². The molecular weight excluding hydrogens is 306 g/mol. The van der Waals surface area contributed by atoms with Gasteiger partial charge in [0.1, 0.15) is 5.75 Å². The van der Waals surface area contributed by atoms with Gasteiger partial charge in [0.2, 0.25) is 5.91 Å². The second-order valence-electron chi connectivity index (χ2n) is 4.43. The zero-order valence-corrected chi connectivity index (χ0v) is 13.4. The molecule has 5 heteroatoms. The SMILES string of the molecule is COc1ccc(NC(=O)C(C)Sc2ccc(Cl)cc2)cc1. The van der Waals surface area contributed by atoms with Crippen molar-refractivity contribution >= 4 is 35.0 Å². The zero-order chi connectivity index (χ0) is 15.2. The molecule has 0 bridgehead atoms. The fraction of sp³-hybridized carbons (Fsp3) is 0.188. The quantitative estimate of drug-likeness (QED) is 0.826. The Morgan fingerprint density at radius 1 is 1.14 bits per heavy atom. The van der Waals surface area contributed by atoms with Gasteiger partial charge >= 0.3 is 0 Å². The Kier molecular flexibility index (Phi) is 5.53. The van der Waals surface area contributed by atoms with Gasteiger partial charge in [0.05, 0.1) is 12.4 Å². The van der Waals surface area contributed by atoms with Crippen molar-refractivity contribution in [2.75, 3.05) is 12.4 Å². The van der Waals surface area contributed by atoms with E-state index in [9.17, 15) is 4.79 Å². The van der Waals surface area contributed by atoms with Gasteiger partial charge in [-0.15, -0.1) is 11.8 Å². The average Bonchev–Trinajstić information content (AvgIpc) is 2.50. The highest BCUT2D eigenvalue weighted by atomic mass is 35.5. The van der Waals surface area contributed by atoms with Crippen LogP contribution in [0.4, 0.5) is 5.69 Å². The van der Waals surface area contributed by atoms with Crippen molar-refractivity contribution in [3.63, 3.8) is 0 Å². The molecular formula is C16H16ClNO2S. The number of hydrogen-bond acceptors (Lipinski definition) is 3. The maximum absolute atomic E-state index is 12.1. The van der Waals surface area contributed by atoms with Gasteiger partial charge in [-0.3, -0.25) is 4.79 Å². The number of hydrogen-bond donors (Lipinski definition) is 1. The topological polar surface area (TPSA) is 38.3 Å². The molecule has 110 valence electrons. The lowest BCUT2D eigenvalue weighted by atomic mass is 10.3. The molecule has 2 rings (SSSR count). The van der Waals surface area contributed by atoms with Gasteiger partial charge < -0.3 is 10.1 Å². The van der Waals surface area contributed by atoms with Crippen molar-refractivity contribution in [3.05, 3.63) is 53.6 Å². The molecule has 1 unspecified atom stereocenters. The van der Waals surface area contributed by atoms with Crippen molar-refractivity contribution in [1.29, 1.82) is 0 Å². The summed E-state index contributed by atoms with van der Waals surface area (Å²) in [6, 6.07) is 14.7. The van der Waals surface area contributed by atoms with Gasteiger partial charge in [0.25, 0.3) is 0 Å². The van der Waals surface area contributed by atoms with E-state index in [0.29, 0.717) is 5.02 Å². The second kappa shape index (κ2) is 7.38.